The summed E-state index contributed by atoms with van der Waals surface area (Å²) in [4.78, 5) is 46.1. The van der Waals surface area contributed by atoms with E-state index in [1.54, 1.807) is 0 Å². The van der Waals surface area contributed by atoms with Crippen LogP contribution < -0.4 is 0 Å². The Hall–Kier alpha value is -2.16. The van der Waals surface area contributed by atoms with E-state index in [1.807, 2.05) is 20.8 Å². The molecule has 1 rings (SSSR count). The molecule has 0 radical (unpaired) electrons. The molecule has 0 aromatic rings. The molecular weight excluding hydrogens is 360 g/mol. The van der Waals surface area contributed by atoms with Gasteiger partial charge in [-0.15, -0.1) is 0 Å². The maximum atomic E-state index is 11.7. The van der Waals surface area contributed by atoms with Gasteiger partial charge in [0.1, 0.15) is 18.8 Å². The molecular formula is C18H28O9. The summed E-state index contributed by atoms with van der Waals surface area (Å²) in [6, 6.07) is 0. The van der Waals surface area contributed by atoms with Crippen LogP contribution in [0.2, 0.25) is 0 Å². The summed E-state index contributed by atoms with van der Waals surface area (Å²) in [7, 11) is 0. The first-order chi connectivity index (χ1) is 12.3. The normalized spacial score (nSPS) is 28.0. The smallest absolute Gasteiger partial charge is 0.303 e. The van der Waals surface area contributed by atoms with Crippen molar-refractivity contribution in [3.05, 3.63) is 0 Å². The molecule has 0 aromatic heterocycles. The predicted octanol–water partition coefficient (Wildman–Crippen LogP) is 1.16. The van der Waals surface area contributed by atoms with E-state index in [2.05, 4.69) is 0 Å². The van der Waals surface area contributed by atoms with Crippen LogP contribution in [-0.4, -0.2) is 61.0 Å². The molecule has 1 heterocycles. The first-order valence-corrected chi connectivity index (χ1v) is 8.63. The fourth-order valence-electron chi connectivity index (χ4n) is 2.93. The van der Waals surface area contributed by atoms with Crippen molar-refractivity contribution in [2.24, 2.45) is 5.41 Å². The highest BCUT2D eigenvalue weighted by Crippen LogP contribution is 2.37. The molecule has 0 amide bonds. The summed E-state index contributed by atoms with van der Waals surface area (Å²) >= 11 is 0. The summed E-state index contributed by atoms with van der Waals surface area (Å²) in [5.74, 6) is -2.44. The van der Waals surface area contributed by atoms with E-state index >= 15 is 0 Å². The quantitative estimate of drug-likeness (QED) is 0.505. The Labute approximate surface area is 158 Å². The molecule has 0 spiro atoms. The van der Waals surface area contributed by atoms with Crippen LogP contribution in [-0.2, 0) is 42.9 Å². The molecule has 0 saturated carbocycles. The highest BCUT2D eigenvalue weighted by Gasteiger charge is 2.54. The minimum absolute atomic E-state index is 0.218. The van der Waals surface area contributed by atoms with E-state index in [4.69, 9.17) is 23.7 Å². The summed E-state index contributed by atoms with van der Waals surface area (Å²) in [6.45, 7) is 10.2. The fourth-order valence-corrected chi connectivity index (χ4v) is 2.93. The zero-order chi connectivity index (χ0) is 20.9. The summed E-state index contributed by atoms with van der Waals surface area (Å²) in [6.07, 6.45) is -4.86. The molecule has 0 bridgehead atoms. The van der Waals surface area contributed by atoms with E-state index in [0.29, 0.717) is 0 Å². The Balaban J connectivity index is 3.36. The number of rotatable bonds is 5. The number of carbonyl (C=O) groups excluding carboxylic acids is 4. The van der Waals surface area contributed by atoms with E-state index in [9.17, 15) is 19.2 Å². The third kappa shape index (κ3) is 6.82. The molecule has 5 atom stereocenters. The number of hydrogen-bond acceptors (Lipinski definition) is 9. The molecule has 27 heavy (non-hydrogen) atoms. The van der Waals surface area contributed by atoms with Gasteiger partial charge in [-0.1, -0.05) is 20.8 Å². The van der Waals surface area contributed by atoms with Gasteiger partial charge in [-0.3, -0.25) is 19.2 Å². The van der Waals surface area contributed by atoms with Crippen LogP contribution in [0, 0.1) is 5.41 Å². The highest BCUT2D eigenvalue weighted by atomic mass is 16.7. The summed E-state index contributed by atoms with van der Waals surface area (Å²) < 4.78 is 27.1. The van der Waals surface area contributed by atoms with Crippen LogP contribution in [0.1, 0.15) is 48.5 Å². The first kappa shape index (κ1) is 22.9. The monoisotopic (exact) mass is 388 g/mol. The molecule has 1 aliphatic rings. The van der Waals surface area contributed by atoms with Crippen molar-refractivity contribution in [3.8, 4) is 0 Å². The zero-order valence-corrected chi connectivity index (χ0v) is 16.8. The van der Waals surface area contributed by atoms with Gasteiger partial charge in [0.15, 0.2) is 18.3 Å². The SMILES string of the molecule is CC(=O)OCC1O[C@@H](C(C)(C)C)C(OC(C)=O)C(OC(C)=O)[C@@H]1OC(C)=O. The third-order valence-corrected chi connectivity index (χ3v) is 3.84. The van der Waals surface area contributed by atoms with Crippen molar-refractivity contribution in [2.75, 3.05) is 6.61 Å². The second kappa shape index (κ2) is 9.16. The Morgan fingerprint density at radius 2 is 1.19 bits per heavy atom. The number of esters is 4. The third-order valence-electron chi connectivity index (χ3n) is 3.84. The van der Waals surface area contributed by atoms with Crippen molar-refractivity contribution in [2.45, 2.75) is 79.0 Å². The average molecular weight is 388 g/mol. The van der Waals surface area contributed by atoms with Gasteiger partial charge in [-0.05, 0) is 5.41 Å². The summed E-state index contributed by atoms with van der Waals surface area (Å²) in [5.41, 5.74) is -0.534. The van der Waals surface area contributed by atoms with Crippen LogP contribution in [0.5, 0.6) is 0 Å². The standard InChI is InChI=1S/C18H28O9/c1-9(19)23-8-13-14(24-10(2)20)15(25-11(3)21)16(26-12(4)22)17(27-13)18(5,6)7/h13-17H,8H2,1-7H3/t13?,14-,15?,16?,17-/m1/s1. The maximum absolute atomic E-state index is 11.7. The Morgan fingerprint density at radius 1 is 0.741 bits per heavy atom. The molecule has 1 saturated heterocycles. The topological polar surface area (TPSA) is 114 Å². The van der Waals surface area contributed by atoms with Crippen molar-refractivity contribution in [1.29, 1.82) is 0 Å². The molecule has 154 valence electrons. The maximum Gasteiger partial charge on any atom is 0.303 e. The summed E-state index contributed by atoms with van der Waals surface area (Å²) in [5, 5.41) is 0. The zero-order valence-electron chi connectivity index (χ0n) is 16.8. The lowest BCUT2D eigenvalue weighted by molar-refractivity contribution is -0.267. The Morgan fingerprint density at radius 3 is 1.59 bits per heavy atom. The van der Waals surface area contributed by atoms with Crippen LogP contribution >= 0.6 is 0 Å². The predicted molar refractivity (Wildman–Crippen MR) is 91.4 cm³/mol. The van der Waals surface area contributed by atoms with Crippen molar-refractivity contribution < 1.29 is 42.9 Å². The van der Waals surface area contributed by atoms with Crippen molar-refractivity contribution in [3.63, 3.8) is 0 Å². The second-order valence-corrected chi connectivity index (χ2v) is 7.49. The lowest BCUT2D eigenvalue weighted by atomic mass is 9.80. The molecule has 0 aromatic carbocycles. The lowest BCUT2D eigenvalue weighted by Gasteiger charge is -2.48. The van der Waals surface area contributed by atoms with Crippen molar-refractivity contribution >= 4 is 23.9 Å². The number of hydrogen-bond donors (Lipinski definition) is 0. The van der Waals surface area contributed by atoms with Gasteiger partial charge >= 0.3 is 23.9 Å². The minimum atomic E-state index is -1.12. The van der Waals surface area contributed by atoms with E-state index in [-0.39, 0.29) is 6.61 Å². The van der Waals surface area contributed by atoms with E-state index < -0.39 is 59.8 Å². The van der Waals surface area contributed by atoms with Gasteiger partial charge in [0.05, 0.1) is 0 Å². The van der Waals surface area contributed by atoms with Crippen LogP contribution in [0.25, 0.3) is 0 Å². The number of carbonyl (C=O) groups is 4. The van der Waals surface area contributed by atoms with Crippen LogP contribution in [0.3, 0.4) is 0 Å². The number of ether oxygens (including phenoxy) is 5. The highest BCUT2D eigenvalue weighted by molar-refractivity contribution is 5.68. The lowest BCUT2D eigenvalue weighted by Crippen LogP contribution is -2.64. The van der Waals surface area contributed by atoms with Gasteiger partial charge in [0.2, 0.25) is 0 Å². The molecule has 3 unspecified atom stereocenters. The second-order valence-electron chi connectivity index (χ2n) is 7.49. The molecule has 9 nitrogen and oxygen atoms in total. The van der Waals surface area contributed by atoms with Crippen molar-refractivity contribution in [1.82, 2.24) is 0 Å². The van der Waals surface area contributed by atoms with Gasteiger partial charge < -0.3 is 23.7 Å². The molecule has 1 fully saturated rings. The molecule has 0 N–H and O–H groups in total. The van der Waals surface area contributed by atoms with E-state index in [1.165, 1.54) is 27.7 Å². The molecule has 1 aliphatic heterocycles. The largest absolute Gasteiger partial charge is 0.463 e. The first-order valence-electron chi connectivity index (χ1n) is 8.63. The van der Waals surface area contributed by atoms with Gasteiger partial charge in [-0.25, -0.2) is 0 Å². The molecule has 0 aliphatic carbocycles. The fraction of sp³-hybridized carbons (Fsp3) is 0.778. The Kier molecular flexibility index (Phi) is 7.77. The van der Waals surface area contributed by atoms with Gasteiger partial charge in [0, 0.05) is 27.7 Å². The average Bonchev–Trinajstić information content (AvgIpc) is 2.46. The van der Waals surface area contributed by atoms with Crippen LogP contribution in [0.15, 0.2) is 0 Å². The minimum Gasteiger partial charge on any atom is -0.463 e. The van der Waals surface area contributed by atoms with Crippen LogP contribution in [0.4, 0.5) is 0 Å². The Bertz CT molecular complexity index is 578. The molecule has 9 heteroatoms. The van der Waals surface area contributed by atoms with Gasteiger partial charge in [0.25, 0.3) is 0 Å². The van der Waals surface area contributed by atoms with Gasteiger partial charge in [-0.2, -0.15) is 0 Å². The van der Waals surface area contributed by atoms with E-state index in [0.717, 1.165) is 0 Å².